The topological polar surface area (TPSA) is 14.8 Å². The highest BCUT2D eigenvalue weighted by atomic mass is 15.0. The van der Waals surface area contributed by atoms with E-state index in [0.29, 0.717) is 0 Å². The lowest BCUT2D eigenvalue weighted by molar-refractivity contribution is 1.16. The second-order valence-electron chi connectivity index (χ2n) is 13.3. The lowest BCUT2D eigenvalue weighted by atomic mass is 10.0. The molecule has 3 aromatic heterocycles. The Kier molecular flexibility index (Phi) is 6.77. The summed E-state index contributed by atoms with van der Waals surface area (Å²) in [5.74, 6) is 2.63. The van der Waals surface area contributed by atoms with Gasteiger partial charge in [-0.1, -0.05) is 96.9 Å². The van der Waals surface area contributed by atoms with Gasteiger partial charge in [0.15, 0.2) is 0 Å². The van der Waals surface area contributed by atoms with Crippen LogP contribution in [0.25, 0.3) is 88.1 Å². The van der Waals surface area contributed by atoms with E-state index in [1.807, 2.05) is 13.0 Å². The summed E-state index contributed by atoms with van der Waals surface area (Å²) in [5.41, 5.74) is 12.8. The van der Waals surface area contributed by atoms with Crippen molar-refractivity contribution in [1.82, 2.24) is 13.7 Å². The van der Waals surface area contributed by atoms with Crippen molar-refractivity contribution in [3.8, 4) is 29.4 Å². The quantitative estimate of drug-likeness (QED) is 0.129. The summed E-state index contributed by atoms with van der Waals surface area (Å²) >= 11 is 0. The van der Waals surface area contributed by atoms with Crippen molar-refractivity contribution in [2.45, 2.75) is 6.92 Å². The summed E-state index contributed by atoms with van der Waals surface area (Å²) in [4.78, 5) is 0. The molecule has 7 aromatic carbocycles. The van der Waals surface area contributed by atoms with Crippen molar-refractivity contribution in [2.75, 3.05) is 0 Å². The summed E-state index contributed by atoms with van der Waals surface area (Å²) in [6.07, 6.45) is 11.4. The number of benzene rings is 7. The monoisotopic (exact) mass is 663 g/mol. The number of hydrogen-bond acceptors (Lipinski definition) is 0. The highest BCUT2D eigenvalue weighted by Gasteiger charge is 2.20. The number of hydrogen-bond donors (Lipinski definition) is 0. The van der Waals surface area contributed by atoms with E-state index in [1.54, 1.807) is 6.08 Å². The molecule has 10 aromatic rings. The maximum Gasteiger partial charge on any atom is 0.0548 e. The van der Waals surface area contributed by atoms with E-state index in [0.717, 1.165) is 33.7 Å². The summed E-state index contributed by atoms with van der Waals surface area (Å²) in [5, 5.41) is 7.40. The average Bonchev–Trinajstić information content (AvgIpc) is 3.83. The molecular formula is C49H33N3. The molecule has 0 saturated heterocycles. The summed E-state index contributed by atoms with van der Waals surface area (Å²) < 4.78 is 7.22. The van der Waals surface area contributed by atoms with E-state index in [4.69, 9.17) is 6.42 Å². The van der Waals surface area contributed by atoms with Gasteiger partial charge in [0.2, 0.25) is 0 Å². The van der Waals surface area contributed by atoms with E-state index in [1.165, 1.54) is 59.9 Å². The predicted octanol–water partition coefficient (Wildman–Crippen LogP) is 12.6. The van der Waals surface area contributed by atoms with Gasteiger partial charge in [-0.25, -0.2) is 0 Å². The van der Waals surface area contributed by atoms with Crippen molar-refractivity contribution >= 4 is 71.0 Å². The zero-order valence-electron chi connectivity index (χ0n) is 28.7. The molecule has 0 radical (unpaired) electrons. The van der Waals surface area contributed by atoms with Gasteiger partial charge in [0.25, 0.3) is 0 Å². The molecule has 3 heteroatoms. The lowest BCUT2D eigenvalue weighted by Gasteiger charge is -2.12. The van der Waals surface area contributed by atoms with Crippen LogP contribution < -0.4 is 0 Å². The molecule has 0 N–H and O–H groups in total. The van der Waals surface area contributed by atoms with Gasteiger partial charge in [-0.3, -0.25) is 0 Å². The summed E-state index contributed by atoms with van der Waals surface area (Å²) in [7, 11) is 0. The molecule has 0 atom stereocenters. The number of aromatic nitrogens is 3. The minimum Gasteiger partial charge on any atom is -0.309 e. The number of rotatable bonds is 5. The van der Waals surface area contributed by atoms with Gasteiger partial charge in [-0.15, -0.1) is 6.42 Å². The molecular weight excluding hydrogens is 631 g/mol. The van der Waals surface area contributed by atoms with Crippen LogP contribution in [0.2, 0.25) is 0 Å². The average molecular weight is 664 g/mol. The highest BCUT2D eigenvalue weighted by molar-refractivity contribution is 6.19. The molecule has 0 unspecified atom stereocenters. The van der Waals surface area contributed by atoms with Crippen molar-refractivity contribution in [3.05, 3.63) is 182 Å². The normalized spacial score (nSPS) is 12.3. The maximum atomic E-state index is 5.55. The van der Waals surface area contributed by atoms with Gasteiger partial charge in [-0.2, -0.15) is 0 Å². The molecule has 0 aliphatic heterocycles. The minimum absolute atomic E-state index is 1.09. The van der Waals surface area contributed by atoms with E-state index < -0.39 is 0 Å². The maximum absolute atomic E-state index is 5.55. The molecule has 3 heterocycles. The van der Waals surface area contributed by atoms with Gasteiger partial charge >= 0.3 is 0 Å². The third kappa shape index (κ3) is 4.42. The Balaban J connectivity index is 1.23. The molecule has 0 spiro atoms. The fourth-order valence-electron chi connectivity index (χ4n) is 8.26. The van der Waals surface area contributed by atoms with Crippen LogP contribution in [0.1, 0.15) is 12.5 Å². The number of terminal acetylenes is 1. The van der Waals surface area contributed by atoms with Crippen LogP contribution in [0.3, 0.4) is 0 Å². The van der Waals surface area contributed by atoms with Crippen molar-refractivity contribution in [2.24, 2.45) is 0 Å². The number of para-hydroxylation sites is 4. The molecule has 0 aliphatic carbocycles. The van der Waals surface area contributed by atoms with E-state index in [-0.39, 0.29) is 0 Å². The smallest absolute Gasteiger partial charge is 0.0548 e. The summed E-state index contributed by atoms with van der Waals surface area (Å²) in [6.45, 7) is 2.05. The minimum atomic E-state index is 1.09. The molecule has 0 amide bonds. The third-order valence-electron chi connectivity index (χ3n) is 10.5. The molecule has 0 fully saturated rings. The first-order valence-corrected chi connectivity index (χ1v) is 17.7. The Morgan fingerprint density at radius 3 is 1.52 bits per heavy atom. The van der Waals surface area contributed by atoms with Crippen LogP contribution in [0.15, 0.2) is 176 Å². The summed E-state index contributed by atoms with van der Waals surface area (Å²) in [6, 6.07) is 57.4. The van der Waals surface area contributed by atoms with Gasteiger partial charge in [0, 0.05) is 49.4 Å². The van der Waals surface area contributed by atoms with Gasteiger partial charge in [-0.05, 0) is 103 Å². The first-order chi connectivity index (χ1) is 25.7. The van der Waals surface area contributed by atoms with E-state index in [2.05, 4.69) is 183 Å². The van der Waals surface area contributed by atoms with Gasteiger partial charge < -0.3 is 13.7 Å². The molecule has 52 heavy (non-hydrogen) atoms. The lowest BCUT2D eigenvalue weighted by Crippen LogP contribution is -1.96. The first-order valence-electron chi connectivity index (χ1n) is 17.7. The Morgan fingerprint density at radius 1 is 0.442 bits per heavy atom. The number of fused-ring (bicyclic) bond motifs is 9. The third-order valence-corrected chi connectivity index (χ3v) is 10.5. The van der Waals surface area contributed by atoms with E-state index >= 15 is 0 Å². The fourth-order valence-corrected chi connectivity index (χ4v) is 8.26. The van der Waals surface area contributed by atoms with Gasteiger partial charge in [0.05, 0.1) is 33.1 Å². The molecule has 0 bridgehead atoms. The predicted molar refractivity (Wildman–Crippen MR) is 221 cm³/mol. The van der Waals surface area contributed by atoms with Crippen LogP contribution in [0, 0.1) is 12.3 Å². The molecule has 10 rings (SSSR count). The second-order valence-corrected chi connectivity index (χ2v) is 13.3. The Hall–Kier alpha value is -7.02. The molecule has 0 saturated carbocycles. The Bertz CT molecular complexity index is 3140. The van der Waals surface area contributed by atoms with Crippen molar-refractivity contribution in [1.29, 1.82) is 0 Å². The Morgan fingerprint density at radius 2 is 0.923 bits per heavy atom. The zero-order valence-corrected chi connectivity index (χ0v) is 28.7. The van der Waals surface area contributed by atoms with Gasteiger partial charge in [0.1, 0.15) is 0 Å². The Labute approximate surface area is 301 Å². The molecule has 0 aliphatic rings. The van der Waals surface area contributed by atoms with Crippen LogP contribution in [-0.4, -0.2) is 13.7 Å². The van der Waals surface area contributed by atoms with Crippen molar-refractivity contribution < 1.29 is 0 Å². The van der Waals surface area contributed by atoms with Crippen LogP contribution in [-0.2, 0) is 0 Å². The fraction of sp³-hybridized carbons (Fsp3) is 0.0204. The standard InChI is InChI=1S/C49H33N3/c1-3-5-16-33(4-2)34-17-15-20-36(29-34)51-45-25-13-9-21-38(45)41-30-37(27-28-47(41)51)52-46-26-14-11-23-40(46)43-31-48-42(32-49(43)52)39-22-10-12-24-44(39)50(48)35-18-7-6-8-19-35/h1,4-32H,2H3/b16-5-,33-4+. The zero-order chi connectivity index (χ0) is 34.8. The molecule has 3 nitrogen and oxygen atoms in total. The van der Waals surface area contributed by atoms with Crippen LogP contribution in [0.5, 0.6) is 0 Å². The molecule has 244 valence electrons. The van der Waals surface area contributed by atoms with Crippen LogP contribution >= 0.6 is 0 Å². The second kappa shape index (κ2) is 11.8. The van der Waals surface area contributed by atoms with E-state index in [9.17, 15) is 0 Å². The number of allylic oxidation sites excluding steroid dienone is 4. The van der Waals surface area contributed by atoms with Crippen molar-refractivity contribution in [3.63, 3.8) is 0 Å². The highest BCUT2D eigenvalue weighted by Crippen LogP contribution is 2.41. The van der Waals surface area contributed by atoms with Crippen LogP contribution in [0.4, 0.5) is 0 Å². The largest absolute Gasteiger partial charge is 0.309 e. The SMILES string of the molecule is C#C/C=C\C(=C/C)c1cccc(-n2c3ccccc3c3cc(-n4c5ccccc5c5cc6c(cc54)c4ccccc4n6-c4ccccc4)ccc32)c1. The first kappa shape index (κ1) is 29.9. The number of nitrogens with zero attached hydrogens (tertiary/aromatic N) is 3.